The number of aromatic nitrogens is 1. The van der Waals surface area contributed by atoms with Crippen molar-refractivity contribution >= 4 is 50.5 Å². The number of hydrogen-bond acceptors (Lipinski definition) is 2. The fourth-order valence-electron chi connectivity index (χ4n) is 2.60. The molecule has 22 heavy (non-hydrogen) atoms. The Hall–Kier alpha value is -1.29. The Bertz CT molecular complexity index is 863. The van der Waals surface area contributed by atoms with Crippen LogP contribution in [0.3, 0.4) is 0 Å². The lowest BCUT2D eigenvalue weighted by Crippen LogP contribution is -2.00. The van der Waals surface area contributed by atoms with Gasteiger partial charge in [0.25, 0.3) is 0 Å². The third kappa shape index (κ3) is 2.58. The quantitative estimate of drug-likeness (QED) is 0.531. The van der Waals surface area contributed by atoms with Crippen LogP contribution in [0.5, 0.6) is 0 Å². The van der Waals surface area contributed by atoms with Crippen LogP contribution in [0.15, 0.2) is 30.3 Å². The highest BCUT2D eigenvalue weighted by molar-refractivity contribution is 7.20. The van der Waals surface area contributed by atoms with E-state index in [1.165, 1.54) is 17.0 Å². The largest absolute Gasteiger partial charge is 0.337 e. The molecule has 0 saturated carbocycles. The molecule has 0 aliphatic rings. The van der Waals surface area contributed by atoms with Crippen molar-refractivity contribution in [3.05, 3.63) is 56.5 Å². The smallest absolute Gasteiger partial charge is 0.204 e. The van der Waals surface area contributed by atoms with Gasteiger partial charge in [0.2, 0.25) is 5.78 Å². The van der Waals surface area contributed by atoms with Crippen molar-refractivity contribution in [3.8, 4) is 0 Å². The third-order valence-corrected chi connectivity index (χ3v) is 5.63. The molecule has 2 aromatic heterocycles. The first kappa shape index (κ1) is 15.6. The fraction of sp³-hybridized carbons (Fsp3) is 0.235. The van der Waals surface area contributed by atoms with Crippen LogP contribution in [-0.2, 0) is 6.54 Å². The van der Waals surface area contributed by atoms with Crippen molar-refractivity contribution in [1.29, 1.82) is 0 Å². The standard InChI is InChI=1S/C17H15Cl2NOS/c1-3-7-20-10(2)8-11-9-14(22-17(11)20)16(21)12-5-4-6-13(18)15(12)19/h4-6,8-9H,3,7H2,1-2H3. The molecule has 0 amide bonds. The molecular formula is C17H15Cl2NOS. The second-order valence-electron chi connectivity index (χ2n) is 5.24. The predicted octanol–water partition coefficient (Wildman–Crippen LogP) is 5.96. The number of hydrogen-bond donors (Lipinski definition) is 0. The van der Waals surface area contributed by atoms with E-state index in [4.69, 9.17) is 23.2 Å². The van der Waals surface area contributed by atoms with Crippen LogP contribution in [0, 0.1) is 6.92 Å². The molecule has 5 heteroatoms. The summed E-state index contributed by atoms with van der Waals surface area (Å²) in [6.45, 7) is 5.20. The number of benzene rings is 1. The molecule has 114 valence electrons. The lowest BCUT2D eigenvalue weighted by atomic mass is 10.1. The molecule has 0 aliphatic heterocycles. The van der Waals surface area contributed by atoms with Crippen LogP contribution in [0.25, 0.3) is 10.2 Å². The zero-order valence-corrected chi connectivity index (χ0v) is 14.6. The molecule has 0 N–H and O–H groups in total. The van der Waals surface area contributed by atoms with Gasteiger partial charge >= 0.3 is 0 Å². The normalized spacial score (nSPS) is 11.3. The van der Waals surface area contributed by atoms with Crippen molar-refractivity contribution in [2.24, 2.45) is 0 Å². The lowest BCUT2D eigenvalue weighted by Gasteiger charge is -2.05. The zero-order chi connectivity index (χ0) is 15.9. The summed E-state index contributed by atoms with van der Waals surface area (Å²) in [6, 6.07) is 9.21. The van der Waals surface area contributed by atoms with Gasteiger partial charge in [0.15, 0.2) is 0 Å². The Morgan fingerprint density at radius 1 is 1.27 bits per heavy atom. The molecule has 0 bridgehead atoms. The van der Waals surface area contributed by atoms with E-state index in [-0.39, 0.29) is 5.78 Å². The summed E-state index contributed by atoms with van der Waals surface area (Å²) in [5.74, 6) is -0.0746. The van der Waals surface area contributed by atoms with Crippen LogP contribution in [-0.4, -0.2) is 10.4 Å². The number of fused-ring (bicyclic) bond motifs is 1. The summed E-state index contributed by atoms with van der Waals surface area (Å²) in [5, 5.41) is 1.83. The third-order valence-electron chi connectivity index (χ3n) is 3.64. The molecule has 0 saturated heterocycles. The number of rotatable bonds is 4. The Labute approximate surface area is 143 Å². The average molecular weight is 352 g/mol. The molecule has 3 aromatic rings. The van der Waals surface area contributed by atoms with Crippen molar-refractivity contribution in [3.63, 3.8) is 0 Å². The molecule has 1 aromatic carbocycles. The minimum absolute atomic E-state index is 0.0746. The lowest BCUT2D eigenvalue weighted by molar-refractivity contribution is 0.104. The summed E-state index contributed by atoms with van der Waals surface area (Å²) in [5.41, 5.74) is 1.68. The monoisotopic (exact) mass is 351 g/mol. The average Bonchev–Trinajstić information content (AvgIpc) is 3.01. The fourth-order valence-corrected chi connectivity index (χ4v) is 4.16. The van der Waals surface area contributed by atoms with Crippen molar-refractivity contribution < 1.29 is 4.79 Å². The van der Waals surface area contributed by atoms with E-state index >= 15 is 0 Å². The van der Waals surface area contributed by atoms with Gasteiger partial charge in [-0.05, 0) is 37.6 Å². The van der Waals surface area contributed by atoms with E-state index in [1.807, 2.05) is 6.07 Å². The zero-order valence-electron chi connectivity index (χ0n) is 12.3. The van der Waals surface area contributed by atoms with Crippen LogP contribution < -0.4 is 0 Å². The van der Waals surface area contributed by atoms with Gasteiger partial charge in [0, 0.05) is 23.2 Å². The van der Waals surface area contributed by atoms with Gasteiger partial charge in [-0.25, -0.2) is 0 Å². The maximum Gasteiger partial charge on any atom is 0.204 e. The van der Waals surface area contributed by atoms with Gasteiger partial charge in [-0.2, -0.15) is 0 Å². The van der Waals surface area contributed by atoms with Crippen LogP contribution in [0.2, 0.25) is 10.0 Å². The Kier molecular flexibility index (Phi) is 4.31. The van der Waals surface area contributed by atoms with Gasteiger partial charge in [-0.15, -0.1) is 11.3 Å². The first-order chi connectivity index (χ1) is 10.5. The molecule has 0 atom stereocenters. The summed E-state index contributed by atoms with van der Waals surface area (Å²) in [7, 11) is 0. The number of nitrogens with zero attached hydrogens (tertiary/aromatic N) is 1. The van der Waals surface area contributed by atoms with E-state index in [0.29, 0.717) is 20.5 Å². The predicted molar refractivity (Wildman–Crippen MR) is 94.7 cm³/mol. The molecule has 3 rings (SSSR count). The van der Waals surface area contributed by atoms with Crippen molar-refractivity contribution in [2.45, 2.75) is 26.8 Å². The van der Waals surface area contributed by atoms with Crippen LogP contribution in [0.1, 0.15) is 34.3 Å². The van der Waals surface area contributed by atoms with E-state index < -0.39 is 0 Å². The number of thiophene rings is 1. The first-order valence-corrected chi connectivity index (χ1v) is 8.68. The van der Waals surface area contributed by atoms with E-state index in [2.05, 4.69) is 24.5 Å². The molecular weight excluding hydrogens is 337 g/mol. The summed E-state index contributed by atoms with van der Waals surface area (Å²) in [4.78, 5) is 14.5. The highest BCUT2D eigenvalue weighted by atomic mass is 35.5. The Morgan fingerprint density at radius 3 is 2.77 bits per heavy atom. The number of carbonyl (C=O) groups is 1. The molecule has 2 nitrogen and oxygen atoms in total. The van der Waals surface area contributed by atoms with Crippen molar-refractivity contribution in [1.82, 2.24) is 4.57 Å². The van der Waals surface area contributed by atoms with Crippen molar-refractivity contribution in [2.75, 3.05) is 0 Å². The number of halogens is 2. The van der Waals surface area contributed by atoms with E-state index in [1.54, 1.807) is 18.2 Å². The molecule has 0 aliphatic carbocycles. The van der Waals surface area contributed by atoms with E-state index in [0.717, 1.165) is 23.2 Å². The molecule has 0 unspecified atom stereocenters. The van der Waals surface area contributed by atoms with Gasteiger partial charge in [0.1, 0.15) is 4.83 Å². The summed E-state index contributed by atoms with van der Waals surface area (Å²) >= 11 is 13.7. The van der Waals surface area contributed by atoms with Crippen LogP contribution >= 0.6 is 34.5 Å². The second-order valence-corrected chi connectivity index (χ2v) is 7.05. The van der Waals surface area contributed by atoms with Gasteiger partial charge < -0.3 is 4.57 Å². The van der Waals surface area contributed by atoms with Crippen LogP contribution in [0.4, 0.5) is 0 Å². The molecule has 0 spiro atoms. The minimum Gasteiger partial charge on any atom is -0.337 e. The SMILES string of the molecule is CCCn1c(C)cc2cc(C(=O)c3cccc(Cl)c3Cl)sc21. The molecule has 0 fully saturated rings. The minimum atomic E-state index is -0.0746. The van der Waals surface area contributed by atoms with Gasteiger partial charge in [-0.3, -0.25) is 4.79 Å². The highest BCUT2D eigenvalue weighted by Crippen LogP contribution is 2.33. The maximum atomic E-state index is 12.7. The number of carbonyl (C=O) groups excluding carboxylic acids is 1. The highest BCUT2D eigenvalue weighted by Gasteiger charge is 2.19. The topological polar surface area (TPSA) is 22.0 Å². The Balaban J connectivity index is 2.07. The van der Waals surface area contributed by atoms with Gasteiger partial charge in [0.05, 0.1) is 14.9 Å². The molecule has 2 heterocycles. The summed E-state index contributed by atoms with van der Waals surface area (Å²) in [6.07, 6.45) is 1.06. The van der Waals surface area contributed by atoms with E-state index in [9.17, 15) is 4.79 Å². The van der Waals surface area contributed by atoms with Gasteiger partial charge in [-0.1, -0.05) is 36.2 Å². The molecule has 0 radical (unpaired) electrons. The Morgan fingerprint density at radius 2 is 2.05 bits per heavy atom. The first-order valence-electron chi connectivity index (χ1n) is 7.11. The summed E-state index contributed by atoms with van der Waals surface area (Å²) < 4.78 is 2.26. The second kappa shape index (κ2) is 6.07. The number of aryl methyl sites for hydroxylation is 2. The number of ketones is 1. The maximum absolute atomic E-state index is 12.7.